The molecule has 1 rings (SSSR count). The van der Waals surface area contributed by atoms with E-state index in [4.69, 9.17) is 10.5 Å². The number of amides is 1. The first-order chi connectivity index (χ1) is 9.42. The lowest BCUT2D eigenvalue weighted by Crippen LogP contribution is -2.30. The molecule has 0 aromatic heterocycles. The van der Waals surface area contributed by atoms with Crippen molar-refractivity contribution in [3.05, 3.63) is 24.3 Å². The van der Waals surface area contributed by atoms with Crippen LogP contribution >= 0.6 is 0 Å². The van der Waals surface area contributed by atoms with Gasteiger partial charge in [0.25, 0.3) is 0 Å². The molecule has 3 N–H and O–H groups in total. The monoisotopic (exact) mass is 278 g/mol. The number of ether oxygens (including phenoxy) is 1. The van der Waals surface area contributed by atoms with E-state index in [2.05, 4.69) is 19.2 Å². The molecular formula is C16H26N2O2. The van der Waals surface area contributed by atoms with Crippen molar-refractivity contribution in [2.75, 3.05) is 11.9 Å². The van der Waals surface area contributed by atoms with E-state index < -0.39 is 0 Å². The fraction of sp³-hybridized carbons (Fsp3) is 0.562. The van der Waals surface area contributed by atoms with E-state index in [1.807, 2.05) is 38.1 Å². The molecule has 112 valence electrons. The second-order valence-electron chi connectivity index (χ2n) is 5.74. The van der Waals surface area contributed by atoms with Crippen molar-refractivity contribution in [1.82, 2.24) is 0 Å². The maximum absolute atomic E-state index is 12.1. The number of hydrogen-bond donors (Lipinski definition) is 2. The highest BCUT2D eigenvalue weighted by Gasteiger charge is 2.18. The predicted molar refractivity (Wildman–Crippen MR) is 82.8 cm³/mol. The summed E-state index contributed by atoms with van der Waals surface area (Å²) in [5.74, 6) is 1.10. The Kier molecular flexibility index (Phi) is 6.52. The van der Waals surface area contributed by atoms with Gasteiger partial charge in [-0.05, 0) is 50.5 Å². The molecule has 20 heavy (non-hydrogen) atoms. The summed E-state index contributed by atoms with van der Waals surface area (Å²) in [6.07, 6.45) is 0.944. The molecule has 0 radical (unpaired) electrons. The fourth-order valence-electron chi connectivity index (χ4n) is 2.01. The number of anilines is 1. The molecule has 0 fully saturated rings. The smallest absolute Gasteiger partial charge is 0.228 e. The van der Waals surface area contributed by atoms with Crippen LogP contribution in [0.5, 0.6) is 5.75 Å². The Morgan fingerprint density at radius 1 is 1.20 bits per heavy atom. The average Bonchev–Trinajstić information content (AvgIpc) is 2.37. The molecule has 4 nitrogen and oxygen atoms in total. The number of carbonyl (C=O) groups excluding carboxylic acids is 1. The summed E-state index contributed by atoms with van der Waals surface area (Å²) >= 11 is 0. The number of nitrogens with one attached hydrogen (secondary N) is 1. The van der Waals surface area contributed by atoms with Crippen LogP contribution in [0.25, 0.3) is 0 Å². The molecular weight excluding hydrogens is 252 g/mol. The standard InChI is InChI=1S/C16H26N2O2/c1-11(2)9-13(10-17)16(19)18-14-5-7-15(8-6-14)20-12(3)4/h5-8,11-13H,9-10,17H2,1-4H3,(H,18,19). The molecule has 4 heteroatoms. The fourth-order valence-corrected chi connectivity index (χ4v) is 2.01. The maximum Gasteiger partial charge on any atom is 0.228 e. The van der Waals surface area contributed by atoms with Crippen LogP contribution in [0.2, 0.25) is 0 Å². The van der Waals surface area contributed by atoms with Gasteiger partial charge in [0.15, 0.2) is 0 Å². The van der Waals surface area contributed by atoms with Gasteiger partial charge in [-0.15, -0.1) is 0 Å². The molecule has 0 spiro atoms. The molecule has 1 aromatic carbocycles. The SMILES string of the molecule is CC(C)CC(CN)C(=O)Nc1ccc(OC(C)C)cc1. The van der Waals surface area contributed by atoms with E-state index in [1.165, 1.54) is 0 Å². The Morgan fingerprint density at radius 3 is 2.25 bits per heavy atom. The largest absolute Gasteiger partial charge is 0.491 e. The van der Waals surface area contributed by atoms with Crippen LogP contribution in [0, 0.1) is 11.8 Å². The van der Waals surface area contributed by atoms with Crippen molar-refractivity contribution in [2.24, 2.45) is 17.6 Å². The van der Waals surface area contributed by atoms with Crippen LogP contribution in [0.3, 0.4) is 0 Å². The minimum Gasteiger partial charge on any atom is -0.491 e. The number of carbonyl (C=O) groups is 1. The number of hydrogen-bond acceptors (Lipinski definition) is 3. The minimum atomic E-state index is -0.137. The zero-order chi connectivity index (χ0) is 15.1. The second-order valence-corrected chi connectivity index (χ2v) is 5.74. The van der Waals surface area contributed by atoms with Crippen molar-refractivity contribution in [1.29, 1.82) is 0 Å². The molecule has 1 amide bonds. The van der Waals surface area contributed by atoms with Gasteiger partial charge in [0.2, 0.25) is 5.91 Å². The van der Waals surface area contributed by atoms with E-state index in [0.717, 1.165) is 17.9 Å². The second kappa shape index (κ2) is 7.90. The molecule has 0 aliphatic heterocycles. The summed E-state index contributed by atoms with van der Waals surface area (Å²) in [7, 11) is 0. The van der Waals surface area contributed by atoms with Crippen LogP contribution in [0.1, 0.15) is 34.1 Å². The van der Waals surface area contributed by atoms with Gasteiger partial charge < -0.3 is 15.8 Å². The molecule has 1 aromatic rings. The first-order valence-electron chi connectivity index (χ1n) is 7.20. The summed E-state index contributed by atoms with van der Waals surface area (Å²) < 4.78 is 5.56. The van der Waals surface area contributed by atoms with Gasteiger partial charge in [-0.3, -0.25) is 4.79 Å². The summed E-state index contributed by atoms with van der Waals surface area (Å²) in [4.78, 5) is 12.1. The minimum absolute atomic E-state index is 0.0151. The Morgan fingerprint density at radius 2 is 1.80 bits per heavy atom. The molecule has 0 aliphatic rings. The van der Waals surface area contributed by atoms with Gasteiger partial charge >= 0.3 is 0 Å². The molecule has 0 heterocycles. The summed E-state index contributed by atoms with van der Waals surface area (Å²) in [5.41, 5.74) is 6.45. The highest BCUT2D eigenvalue weighted by molar-refractivity contribution is 5.92. The Hall–Kier alpha value is -1.55. The van der Waals surface area contributed by atoms with E-state index >= 15 is 0 Å². The normalized spacial score (nSPS) is 12.6. The maximum atomic E-state index is 12.1. The molecule has 1 atom stereocenters. The topological polar surface area (TPSA) is 64.4 Å². The lowest BCUT2D eigenvalue weighted by atomic mass is 9.96. The summed E-state index contributed by atoms with van der Waals surface area (Å²) in [6.45, 7) is 8.52. The summed E-state index contributed by atoms with van der Waals surface area (Å²) in [6, 6.07) is 7.40. The van der Waals surface area contributed by atoms with Crippen LogP contribution < -0.4 is 15.8 Å². The van der Waals surface area contributed by atoms with Crippen molar-refractivity contribution in [3.8, 4) is 5.75 Å². The number of rotatable bonds is 7. The van der Waals surface area contributed by atoms with E-state index in [0.29, 0.717) is 12.5 Å². The molecule has 0 aliphatic carbocycles. The first-order valence-corrected chi connectivity index (χ1v) is 7.20. The van der Waals surface area contributed by atoms with Crippen molar-refractivity contribution in [2.45, 2.75) is 40.2 Å². The Labute approximate surface area is 121 Å². The van der Waals surface area contributed by atoms with Crippen molar-refractivity contribution < 1.29 is 9.53 Å². The Bertz CT molecular complexity index is 413. The van der Waals surface area contributed by atoms with Crippen molar-refractivity contribution >= 4 is 11.6 Å². The van der Waals surface area contributed by atoms with Crippen LogP contribution in [-0.2, 0) is 4.79 Å². The van der Waals surface area contributed by atoms with Gasteiger partial charge in [-0.1, -0.05) is 13.8 Å². The number of benzene rings is 1. The zero-order valence-corrected chi connectivity index (χ0v) is 12.8. The Balaban J connectivity index is 2.61. The van der Waals surface area contributed by atoms with Gasteiger partial charge in [0.1, 0.15) is 5.75 Å². The average molecular weight is 278 g/mol. The molecule has 1 unspecified atom stereocenters. The lowest BCUT2D eigenvalue weighted by Gasteiger charge is -2.17. The van der Waals surface area contributed by atoms with E-state index in [1.54, 1.807) is 0 Å². The van der Waals surface area contributed by atoms with Crippen LogP contribution in [-0.4, -0.2) is 18.6 Å². The molecule has 0 saturated carbocycles. The highest BCUT2D eigenvalue weighted by Crippen LogP contribution is 2.18. The summed E-state index contributed by atoms with van der Waals surface area (Å²) in [5, 5.41) is 2.90. The van der Waals surface area contributed by atoms with Gasteiger partial charge in [0, 0.05) is 12.2 Å². The van der Waals surface area contributed by atoms with Crippen LogP contribution in [0.4, 0.5) is 5.69 Å². The molecule has 0 bridgehead atoms. The lowest BCUT2D eigenvalue weighted by molar-refractivity contribution is -0.120. The van der Waals surface area contributed by atoms with Crippen LogP contribution in [0.15, 0.2) is 24.3 Å². The first kappa shape index (κ1) is 16.5. The van der Waals surface area contributed by atoms with Gasteiger partial charge in [-0.2, -0.15) is 0 Å². The zero-order valence-electron chi connectivity index (χ0n) is 12.8. The highest BCUT2D eigenvalue weighted by atomic mass is 16.5. The third-order valence-corrected chi connectivity index (χ3v) is 2.90. The third-order valence-electron chi connectivity index (χ3n) is 2.90. The van der Waals surface area contributed by atoms with E-state index in [-0.39, 0.29) is 17.9 Å². The number of nitrogens with two attached hydrogens (primary N) is 1. The predicted octanol–water partition coefficient (Wildman–Crippen LogP) is 3.03. The van der Waals surface area contributed by atoms with E-state index in [9.17, 15) is 4.79 Å². The quantitative estimate of drug-likeness (QED) is 0.805. The van der Waals surface area contributed by atoms with Gasteiger partial charge in [-0.25, -0.2) is 0 Å². The van der Waals surface area contributed by atoms with Crippen molar-refractivity contribution in [3.63, 3.8) is 0 Å². The third kappa shape index (κ3) is 5.61. The molecule has 0 saturated heterocycles. The van der Waals surface area contributed by atoms with Gasteiger partial charge in [0.05, 0.1) is 12.0 Å².